The van der Waals surface area contributed by atoms with Gasteiger partial charge in [0, 0.05) is 6.42 Å². The number of nitrogens with one attached hydrogen (secondary N) is 1. The van der Waals surface area contributed by atoms with E-state index >= 15 is 0 Å². The van der Waals surface area contributed by atoms with Gasteiger partial charge in [-0.25, -0.2) is 0 Å². The average Bonchev–Trinajstić information content (AvgIpc) is 3.32. The van der Waals surface area contributed by atoms with Gasteiger partial charge >= 0.3 is 0 Å². The molecule has 0 aliphatic carbocycles. The van der Waals surface area contributed by atoms with E-state index in [1.807, 2.05) is 21.1 Å². The molecule has 0 saturated carbocycles. The molecule has 0 aromatic rings. The van der Waals surface area contributed by atoms with E-state index in [0.717, 1.165) is 38.5 Å². The largest absolute Gasteiger partial charge is 0.756 e. The predicted molar refractivity (Wildman–Crippen MR) is 302 cm³/mol. The lowest BCUT2D eigenvalue weighted by Crippen LogP contribution is -2.46. The number of carbonyl (C=O) groups is 1. The zero-order chi connectivity index (χ0) is 51.3. The van der Waals surface area contributed by atoms with E-state index < -0.39 is 20.0 Å². The molecule has 9 heteroatoms. The highest BCUT2D eigenvalue weighted by Crippen LogP contribution is 2.38. The maximum absolute atomic E-state index is 13.0. The quantitative estimate of drug-likeness (QED) is 0.0272. The molecule has 3 atom stereocenters. The molecule has 0 fully saturated rings. The van der Waals surface area contributed by atoms with Gasteiger partial charge in [-0.2, -0.15) is 0 Å². The van der Waals surface area contributed by atoms with Crippen molar-refractivity contribution in [1.82, 2.24) is 5.32 Å². The highest BCUT2D eigenvalue weighted by Gasteiger charge is 2.24. The fourth-order valence-corrected chi connectivity index (χ4v) is 10.4. The van der Waals surface area contributed by atoms with Crippen LogP contribution in [0.25, 0.3) is 0 Å². The molecule has 0 aliphatic heterocycles. The molecule has 70 heavy (non-hydrogen) atoms. The molecule has 8 nitrogen and oxygen atoms in total. The minimum atomic E-state index is -4.57. The Morgan fingerprint density at radius 1 is 0.486 bits per heavy atom. The number of likely N-dealkylation sites (N-methyl/N-ethyl adjacent to an activating group) is 1. The number of amides is 1. The Bertz CT molecular complexity index is 1150. The molecule has 0 radical (unpaired) electrons. The zero-order valence-electron chi connectivity index (χ0n) is 47.8. The van der Waals surface area contributed by atoms with Crippen LogP contribution in [0.1, 0.15) is 322 Å². The lowest BCUT2D eigenvalue weighted by molar-refractivity contribution is -0.870. The van der Waals surface area contributed by atoms with Crippen molar-refractivity contribution in [3.05, 3.63) is 12.2 Å². The third-order valence-electron chi connectivity index (χ3n) is 14.5. The van der Waals surface area contributed by atoms with Gasteiger partial charge in [0.15, 0.2) is 0 Å². The van der Waals surface area contributed by atoms with Crippen molar-refractivity contribution in [1.29, 1.82) is 0 Å². The number of quaternary nitrogens is 1. The Labute approximate surface area is 437 Å². The van der Waals surface area contributed by atoms with Crippen molar-refractivity contribution >= 4 is 13.7 Å². The number of nitrogens with zero attached hydrogens (tertiary/aromatic N) is 1. The van der Waals surface area contributed by atoms with Gasteiger partial charge in [-0.05, 0) is 38.5 Å². The molecular formula is C61H123N2O6P. The molecule has 418 valence electrons. The lowest BCUT2D eigenvalue weighted by atomic mass is 10.0. The molecule has 3 unspecified atom stereocenters. The Morgan fingerprint density at radius 3 is 1.11 bits per heavy atom. The highest BCUT2D eigenvalue weighted by atomic mass is 31.2. The molecule has 0 aromatic heterocycles. The van der Waals surface area contributed by atoms with E-state index in [9.17, 15) is 19.4 Å². The average molecular weight is 1010 g/mol. The number of carbonyl (C=O) groups excluding carboxylic acids is 1. The van der Waals surface area contributed by atoms with Gasteiger partial charge < -0.3 is 28.8 Å². The second-order valence-electron chi connectivity index (χ2n) is 22.8. The van der Waals surface area contributed by atoms with Gasteiger partial charge in [0.2, 0.25) is 5.91 Å². The van der Waals surface area contributed by atoms with Crippen LogP contribution in [0.4, 0.5) is 0 Å². The van der Waals surface area contributed by atoms with Crippen LogP contribution in [-0.2, 0) is 18.4 Å². The van der Waals surface area contributed by atoms with Crippen molar-refractivity contribution in [2.24, 2.45) is 0 Å². The molecule has 0 bridgehead atoms. The van der Waals surface area contributed by atoms with Crippen molar-refractivity contribution in [3.8, 4) is 0 Å². The number of phosphoric ester groups is 1. The fraction of sp³-hybridized carbons (Fsp3) is 0.951. The lowest BCUT2D eigenvalue weighted by Gasteiger charge is -2.30. The normalized spacial score (nSPS) is 13.9. The van der Waals surface area contributed by atoms with E-state index in [2.05, 4.69) is 31.3 Å². The number of aliphatic hydroxyl groups excluding tert-OH is 1. The van der Waals surface area contributed by atoms with Gasteiger partial charge in [0.1, 0.15) is 13.2 Å². The molecule has 0 aromatic carbocycles. The van der Waals surface area contributed by atoms with E-state index in [0.29, 0.717) is 23.9 Å². The summed E-state index contributed by atoms with van der Waals surface area (Å²) in [7, 11) is 1.32. The number of allylic oxidation sites excluding steroid dienone is 2. The molecule has 0 spiro atoms. The van der Waals surface area contributed by atoms with E-state index in [4.69, 9.17) is 9.05 Å². The molecule has 0 saturated heterocycles. The first-order chi connectivity index (χ1) is 34.0. The van der Waals surface area contributed by atoms with Gasteiger partial charge in [-0.1, -0.05) is 289 Å². The van der Waals surface area contributed by atoms with Crippen LogP contribution in [0.5, 0.6) is 0 Å². The highest BCUT2D eigenvalue weighted by molar-refractivity contribution is 7.45. The minimum Gasteiger partial charge on any atom is -0.756 e. The Morgan fingerprint density at radius 2 is 0.786 bits per heavy atom. The van der Waals surface area contributed by atoms with Crippen LogP contribution >= 0.6 is 7.82 Å². The summed E-state index contributed by atoms with van der Waals surface area (Å²) in [5, 5.41) is 14.0. The second-order valence-corrected chi connectivity index (χ2v) is 24.2. The van der Waals surface area contributed by atoms with Gasteiger partial charge in [-0.3, -0.25) is 9.36 Å². The van der Waals surface area contributed by atoms with Crippen LogP contribution in [-0.4, -0.2) is 68.5 Å². The molecule has 0 aliphatic rings. The van der Waals surface area contributed by atoms with Crippen LogP contribution in [0, 0.1) is 0 Å². The van der Waals surface area contributed by atoms with Crippen molar-refractivity contribution < 1.29 is 32.9 Å². The number of phosphoric acid groups is 1. The summed E-state index contributed by atoms with van der Waals surface area (Å²) >= 11 is 0. The summed E-state index contributed by atoms with van der Waals surface area (Å²) in [6.45, 7) is 4.78. The number of hydrogen-bond donors (Lipinski definition) is 2. The molecule has 1 amide bonds. The maximum Gasteiger partial charge on any atom is 0.268 e. The van der Waals surface area contributed by atoms with Crippen molar-refractivity contribution in [2.75, 3.05) is 40.9 Å². The monoisotopic (exact) mass is 1010 g/mol. The number of aliphatic hydroxyl groups is 1. The van der Waals surface area contributed by atoms with E-state index in [1.165, 1.54) is 257 Å². The Kier molecular flexibility index (Phi) is 52.5. The molecule has 0 heterocycles. The third-order valence-corrected chi connectivity index (χ3v) is 15.5. The summed E-state index contributed by atoms with van der Waals surface area (Å²) in [5.41, 5.74) is 0. The zero-order valence-corrected chi connectivity index (χ0v) is 48.6. The van der Waals surface area contributed by atoms with Gasteiger partial charge in [0.25, 0.3) is 7.82 Å². The maximum atomic E-state index is 13.0. The summed E-state index contributed by atoms with van der Waals surface area (Å²) in [6, 6.07) is -0.798. The predicted octanol–water partition coefficient (Wildman–Crippen LogP) is 18.4. The Balaban J connectivity index is 4.04. The summed E-state index contributed by atoms with van der Waals surface area (Å²) in [4.78, 5) is 25.6. The summed E-state index contributed by atoms with van der Waals surface area (Å²) in [6.07, 6.45) is 65.4. The van der Waals surface area contributed by atoms with Crippen molar-refractivity contribution in [2.45, 2.75) is 334 Å². The fourth-order valence-electron chi connectivity index (χ4n) is 9.63. The second kappa shape index (κ2) is 53.1. The van der Waals surface area contributed by atoms with Crippen LogP contribution in [0.3, 0.4) is 0 Å². The standard InChI is InChI=1S/C61H123N2O6P/c1-6-8-10-12-14-16-18-20-22-24-26-27-28-29-30-31-32-33-34-35-36-37-39-41-43-45-47-49-51-53-55-61(65)62-59(58-69-70(66,67)68-57-56-63(3,4)5)60(64)54-52-50-48-46-44-42-40-38-25-23-21-19-17-15-13-11-9-7-2/h29-30,59-60,64H,6-28,31-58H2,1-5H3,(H-,62,65,66,67)/b30-29-. The van der Waals surface area contributed by atoms with Gasteiger partial charge in [-0.15, -0.1) is 0 Å². The Hall–Kier alpha value is -0.760. The number of hydrogen-bond acceptors (Lipinski definition) is 6. The molecule has 2 N–H and O–H groups in total. The molecule has 0 rings (SSSR count). The topological polar surface area (TPSA) is 108 Å². The smallest absolute Gasteiger partial charge is 0.268 e. The first-order valence-electron chi connectivity index (χ1n) is 31.0. The van der Waals surface area contributed by atoms with Crippen LogP contribution in [0.15, 0.2) is 12.2 Å². The number of rotatable bonds is 58. The SMILES string of the molecule is CCCCCCCCCCCCCC/C=C\CCCCCCCCCCCCCCCCC(=O)NC(COP(=O)([O-])OCC[N+](C)(C)C)C(O)CCCCCCCCCCCCCCCCCCCC. The molecular weight excluding hydrogens is 888 g/mol. The summed E-state index contributed by atoms with van der Waals surface area (Å²) < 4.78 is 23.5. The first kappa shape index (κ1) is 69.2. The summed E-state index contributed by atoms with van der Waals surface area (Å²) in [5.74, 6) is -0.158. The van der Waals surface area contributed by atoms with Gasteiger partial charge in [0.05, 0.1) is 39.9 Å². The van der Waals surface area contributed by atoms with Crippen LogP contribution < -0.4 is 10.2 Å². The first-order valence-corrected chi connectivity index (χ1v) is 32.5. The number of unbranched alkanes of at least 4 members (excludes halogenated alkanes) is 43. The van der Waals surface area contributed by atoms with Crippen molar-refractivity contribution in [3.63, 3.8) is 0 Å². The van der Waals surface area contributed by atoms with Crippen LogP contribution in [0.2, 0.25) is 0 Å². The third kappa shape index (κ3) is 55.0. The van der Waals surface area contributed by atoms with E-state index in [-0.39, 0.29) is 19.1 Å². The van der Waals surface area contributed by atoms with E-state index in [1.54, 1.807) is 0 Å². The minimum absolute atomic E-state index is 0.0152.